The second-order valence-electron chi connectivity index (χ2n) is 2.57. The molecule has 0 heterocycles. The summed E-state index contributed by atoms with van der Waals surface area (Å²) in [6, 6.07) is 0.392. The van der Waals surface area contributed by atoms with Crippen LogP contribution in [0.5, 0.6) is 0 Å². The second kappa shape index (κ2) is 6.40. The minimum Gasteiger partial charge on any atom is -0.337 e. The van der Waals surface area contributed by atoms with Gasteiger partial charge in [0.2, 0.25) is 0 Å². The summed E-state index contributed by atoms with van der Waals surface area (Å²) in [5.74, 6) is 0. The third-order valence-corrected chi connectivity index (χ3v) is 1.32. The molecular weight excluding hydrogens is 148 g/mol. The van der Waals surface area contributed by atoms with Crippen molar-refractivity contribution in [1.82, 2.24) is 4.90 Å². The van der Waals surface area contributed by atoms with Gasteiger partial charge >= 0.3 is 0 Å². The summed E-state index contributed by atoms with van der Waals surface area (Å²) in [5.41, 5.74) is 0. The van der Waals surface area contributed by atoms with Crippen LogP contribution < -0.4 is 0 Å². The van der Waals surface area contributed by atoms with E-state index in [0.717, 1.165) is 0 Å². The molecule has 0 spiro atoms. The lowest BCUT2D eigenvalue weighted by molar-refractivity contribution is 0.472. The van der Waals surface area contributed by atoms with Crippen molar-refractivity contribution in [1.29, 1.82) is 0 Å². The predicted octanol–water partition coefficient (Wildman–Crippen LogP) is 2.57. The van der Waals surface area contributed by atoms with Crippen molar-refractivity contribution in [3.8, 4) is 0 Å². The van der Waals surface area contributed by atoms with E-state index < -0.39 is 0 Å². The van der Waals surface area contributed by atoms with Crippen molar-refractivity contribution in [2.24, 2.45) is 4.99 Å². The Labute approximate surface area is 74.6 Å². The molecule has 2 heteroatoms. The van der Waals surface area contributed by atoms with Gasteiger partial charge in [-0.15, -0.1) is 0 Å². The molecule has 12 heavy (non-hydrogen) atoms. The normalized spacial score (nSPS) is 11.2. The molecule has 0 amide bonds. The predicted molar refractivity (Wildman–Crippen MR) is 55.0 cm³/mol. The zero-order chi connectivity index (χ0) is 9.40. The molecule has 0 bridgehead atoms. The molecule has 2 nitrogen and oxygen atoms in total. The van der Waals surface area contributed by atoms with E-state index >= 15 is 0 Å². The van der Waals surface area contributed by atoms with Gasteiger partial charge in [-0.05, 0) is 26.1 Å². The molecule has 0 aliphatic carbocycles. The van der Waals surface area contributed by atoms with Crippen LogP contribution in [0.25, 0.3) is 0 Å². The Hall–Kier alpha value is -1.31. The summed E-state index contributed by atoms with van der Waals surface area (Å²) < 4.78 is 0. The molecule has 0 aromatic carbocycles. The lowest BCUT2D eigenvalue weighted by atomic mass is 10.4. The quantitative estimate of drug-likeness (QED) is 0.346. The summed E-state index contributed by atoms with van der Waals surface area (Å²) in [5, 5.41) is 0. The Morgan fingerprint density at radius 2 is 2.00 bits per heavy atom. The summed E-state index contributed by atoms with van der Waals surface area (Å²) in [7, 11) is 0. The topological polar surface area (TPSA) is 15.6 Å². The largest absolute Gasteiger partial charge is 0.337 e. The average Bonchev–Trinajstić information content (AvgIpc) is 2.04. The first-order valence-electron chi connectivity index (χ1n) is 3.93. The first kappa shape index (κ1) is 10.7. The molecule has 0 radical (unpaired) electrons. The monoisotopic (exact) mass is 164 g/mol. The van der Waals surface area contributed by atoms with Gasteiger partial charge < -0.3 is 4.90 Å². The molecule has 0 aliphatic rings. The summed E-state index contributed by atoms with van der Waals surface area (Å²) >= 11 is 0. The van der Waals surface area contributed by atoms with Crippen molar-refractivity contribution in [3.63, 3.8) is 0 Å². The lowest BCUT2D eigenvalue weighted by Gasteiger charge is -2.17. The highest BCUT2D eigenvalue weighted by Gasteiger charge is 1.97. The molecule has 0 aromatic rings. The van der Waals surface area contributed by atoms with Gasteiger partial charge in [0.1, 0.15) is 0 Å². The van der Waals surface area contributed by atoms with Crippen molar-refractivity contribution >= 4 is 6.34 Å². The van der Waals surface area contributed by atoms with E-state index in [-0.39, 0.29) is 0 Å². The minimum atomic E-state index is 0.392. The van der Waals surface area contributed by atoms with Crippen LogP contribution in [0.15, 0.2) is 42.7 Å². The standard InChI is InChI=1S/C10H16N2/c1-5-7-8-11-9-12(6-2)10(3)4/h5-10H,1-2H2,3-4H3/b8-7-,11-9-. The molecule has 0 rings (SSSR count). The first-order chi connectivity index (χ1) is 5.72. The molecule has 66 valence electrons. The number of rotatable bonds is 5. The summed E-state index contributed by atoms with van der Waals surface area (Å²) in [6.07, 6.45) is 8.63. The SMILES string of the molecule is C=C/C=C\N=C/N(C=C)C(C)C. The van der Waals surface area contributed by atoms with E-state index in [1.165, 1.54) is 0 Å². The highest BCUT2D eigenvalue weighted by molar-refractivity contribution is 5.57. The number of allylic oxidation sites excluding steroid dienone is 2. The fraction of sp³-hybridized carbons (Fsp3) is 0.300. The van der Waals surface area contributed by atoms with Gasteiger partial charge in [0.15, 0.2) is 0 Å². The second-order valence-corrected chi connectivity index (χ2v) is 2.57. The van der Waals surface area contributed by atoms with Gasteiger partial charge in [-0.2, -0.15) is 0 Å². The molecule has 0 unspecified atom stereocenters. The van der Waals surface area contributed by atoms with Crippen LogP contribution in [0.4, 0.5) is 0 Å². The molecule has 0 saturated heterocycles. The Kier molecular flexibility index (Phi) is 5.70. The smallest absolute Gasteiger partial charge is 0.0946 e. The lowest BCUT2D eigenvalue weighted by Crippen LogP contribution is -2.22. The van der Waals surface area contributed by atoms with E-state index in [9.17, 15) is 0 Å². The van der Waals surface area contributed by atoms with E-state index in [4.69, 9.17) is 0 Å². The van der Waals surface area contributed by atoms with Gasteiger partial charge in [0, 0.05) is 12.2 Å². The van der Waals surface area contributed by atoms with Gasteiger partial charge in [0.25, 0.3) is 0 Å². The van der Waals surface area contributed by atoms with Crippen LogP contribution in [0, 0.1) is 0 Å². The van der Waals surface area contributed by atoms with E-state index in [1.807, 2.05) is 4.90 Å². The molecule has 0 saturated carbocycles. The molecule has 0 aliphatic heterocycles. The maximum Gasteiger partial charge on any atom is 0.0946 e. The van der Waals surface area contributed by atoms with Gasteiger partial charge in [0.05, 0.1) is 6.34 Å². The van der Waals surface area contributed by atoms with Crippen LogP contribution in [-0.4, -0.2) is 17.3 Å². The third kappa shape index (κ3) is 4.50. The fourth-order valence-corrected chi connectivity index (χ4v) is 0.617. The van der Waals surface area contributed by atoms with E-state index in [0.29, 0.717) is 6.04 Å². The zero-order valence-electron chi connectivity index (χ0n) is 7.77. The Balaban J connectivity index is 4.01. The van der Waals surface area contributed by atoms with Gasteiger partial charge in [-0.25, -0.2) is 4.99 Å². The van der Waals surface area contributed by atoms with Crippen LogP contribution >= 0.6 is 0 Å². The minimum absolute atomic E-state index is 0.392. The average molecular weight is 164 g/mol. The summed E-state index contributed by atoms with van der Waals surface area (Å²) in [4.78, 5) is 5.96. The zero-order valence-corrected chi connectivity index (χ0v) is 7.77. The van der Waals surface area contributed by atoms with E-state index in [2.05, 4.69) is 32.0 Å². The number of aliphatic imine (C=N–C) groups is 1. The number of nitrogens with zero attached hydrogens (tertiary/aromatic N) is 2. The van der Waals surface area contributed by atoms with Crippen molar-refractivity contribution in [2.45, 2.75) is 19.9 Å². The van der Waals surface area contributed by atoms with Crippen molar-refractivity contribution in [3.05, 3.63) is 37.7 Å². The van der Waals surface area contributed by atoms with Crippen LogP contribution in [-0.2, 0) is 0 Å². The molecule has 0 fully saturated rings. The van der Waals surface area contributed by atoms with Crippen LogP contribution in [0.2, 0.25) is 0 Å². The Bertz CT molecular complexity index is 190. The Morgan fingerprint density at radius 1 is 1.33 bits per heavy atom. The van der Waals surface area contributed by atoms with Crippen molar-refractivity contribution < 1.29 is 0 Å². The number of hydrogen-bond donors (Lipinski definition) is 0. The van der Waals surface area contributed by atoms with Gasteiger partial charge in [-0.3, -0.25) is 0 Å². The van der Waals surface area contributed by atoms with E-state index in [1.54, 1.807) is 30.9 Å². The fourth-order valence-electron chi connectivity index (χ4n) is 0.617. The van der Waals surface area contributed by atoms with Crippen LogP contribution in [0.3, 0.4) is 0 Å². The maximum atomic E-state index is 4.03. The van der Waals surface area contributed by atoms with Crippen molar-refractivity contribution in [2.75, 3.05) is 0 Å². The Morgan fingerprint density at radius 3 is 2.42 bits per heavy atom. The summed E-state index contributed by atoms with van der Waals surface area (Å²) in [6.45, 7) is 11.4. The molecule has 0 atom stereocenters. The molecular formula is C10H16N2. The maximum absolute atomic E-state index is 4.03. The first-order valence-corrected chi connectivity index (χ1v) is 3.93. The number of hydrogen-bond acceptors (Lipinski definition) is 1. The molecule has 0 aromatic heterocycles. The highest BCUT2D eigenvalue weighted by Crippen LogP contribution is 1.93. The van der Waals surface area contributed by atoms with Crippen LogP contribution in [0.1, 0.15) is 13.8 Å². The third-order valence-electron chi connectivity index (χ3n) is 1.32. The molecule has 0 N–H and O–H groups in total. The van der Waals surface area contributed by atoms with Gasteiger partial charge in [-0.1, -0.05) is 19.2 Å². The highest BCUT2D eigenvalue weighted by atomic mass is 15.1.